The van der Waals surface area contributed by atoms with Crippen LogP contribution in [0.4, 0.5) is 10.5 Å². The first-order valence-corrected chi connectivity index (χ1v) is 4.93. The van der Waals surface area contributed by atoms with Crippen molar-refractivity contribution in [3.63, 3.8) is 0 Å². The second-order valence-electron chi connectivity index (χ2n) is 3.56. The fourth-order valence-electron chi connectivity index (χ4n) is 1.28. The summed E-state index contributed by atoms with van der Waals surface area (Å²) in [6.45, 7) is 0.814. The Balaban J connectivity index is 2.87. The Morgan fingerprint density at radius 3 is 2.67 bits per heavy atom. The molecule has 0 fully saturated rings. The molecule has 1 aromatic rings. The summed E-state index contributed by atoms with van der Waals surface area (Å²) in [4.78, 5) is 12.9. The van der Waals surface area contributed by atoms with Gasteiger partial charge >= 0.3 is 6.03 Å². The van der Waals surface area contributed by atoms with Gasteiger partial charge in [0.25, 0.3) is 0 Å². The maximum Gasteiger partial charge on any atom is 0.329 e. The number of amides is 2. The molecule has 0 bridgehead atoms. The molecule has 1 aromatic carbocycles. The summed E-state index contributed by atoms with van der Waals surface area (Å²) in [6, 6.07) is 6.96. The van der Waals surface area contributed by atoms with E-state index in [0.29, 0.717) is 5.69 Å². The van der Waals surface area contributed by atoms with E-state index in [0.717, 1.165) is 16.4 Å². The molecule has 0 aliphatic heterocycles. The predicted molar refractivity (Wildman–Crippen MR) is 64.9 cm³/mol. The normalized spacial score (nSPS) is 10.4. The van der Waals surface area contributed by atoms with Crippen LogP contribution in [0.3, 0.4) is 0 Å². The Hall–Kier alpha value is -1.20. The summed E-state index contributed by atoms with van der Waals surface area (Å²) in [5, 5.41) is 0. The molecule has 5 heteroatoms. The predicted octanol–water partition coefficient (Wildman–Crippen LogP) is 1.48. The molecular weight excluding hydrogens is 210 g/mol. The van der Waals surface area contributed by atoms with Gasteiger partial charge in [0, 0.05) is 6.54 Å². The van der Waals surface area contributed by atoms with Crippen LogP contribution in [0.15, 0.2) is 24.3 Å². The van der Waals surface area contributed by atoms with Crippen LogP contribution in [-0.2, 0) is 6.54 Å². The van der Waals surface area contributed by atoms with Crippen LogP contribution in [-0.4, -0.2) is 25.0 Å². The summed E-state index contributed by atoms with van der Waals surface area (Å²) in [6.07, 6.45) is 0. The average molecular weight is 225 g/mol. The zero-order valence-corrected chi connectivity index (χ0v) is 9.74. The summed E-state index contributed by atoms with van der Waals surface area (Å²) in [5.41, 5.74) is 6.91. The van der Waals surface area contributed by atoms with Gasteiger partial charge in [-0.05, 0) is 31.8 Å². The summed E-state index contributed by atoms with van der Waals surface area (Å²) >= 11 is 4.00. The third-order valence-corrected chi connectivity index (χ3v) is 2.29. The van der Waals surface area contributed by atoms with Gasteiger partial charge in [-0.15, -0.1) is 0 Å². The van der Waals surface area contributed by atoms with Crippen molar-refractivity contribution < 1.29 is 4.79 Å². The van der Waals surface area contributed by atoms with Crippen molar-refractivity contribution >= 4 is 24.5 Å². The molecule has 0 unspecified atom stereocenters. The van der Waals surface area contributed by atoms with Crippen LogP contribution in [0.5, 0.6) is 0 Å². The van der Waals surface area contributed by atoms with Crippen LogP contribution in [0.1, 0.15) is 5.56 Å². The fraction of sp³-hybridized carbons (Fsp3) is 0.300. The number of primary amides is 1. The minimum atomic E-state index is -0.583. The molecule has 0 saturated heterocycles. The highest BCUT2D eigenvalue weighted by Gasteiger charge is 2.07. The lowest BCUT2D eigenvalue weighted by Crippen LogP contribution is -2.27. The number of urea groups is 1. The number of carbonyl (C=O) groups is 1. The van der Waals surface area contributed by atoms with E-state index in [4.69, 9.17) is 5.73 Å². The molecule has 82 valence electrons. The molecular formula is C10H15N3OS. The molecule has 0 aliphatic rings. The molecule has 0 aromatic heterocycles. The van der Waals surface area contributed by atoms with Crippen molar-refractivity contribution in [3.05, 3.63) is 29.8 Å². The fourth-order valence-corrected chi connectivity index (χ4v) is 1.40. The van der Waals surface area contributed by atoms with Gasteiger partial charge in [0.05, 0.1) is 5.69 Å². The van der Waals surface area contributed by atoms with Crippen molar-refractivity contribution in [1.29, 1.82) is 0 Å². The smallest absolute Gasteiger partial charge is 0.329 e. The van der Waals surface area contributed by atoms with E-state index >= 15 is 0 Å². The Labute approximate surface area is 95.2 Å². The van der Waals surface area contributed by atoms with Gasteiger partial charge in [0.1, 0.15) is 0 Å². The lowest BCUT2D eigenvalue weighted by molar-refractivity contribution is 0.257. The summed E-state index contributed by atoms with van der Waals surface area (Å²) in [5.74, 6) is 0. The molecule has 1 rings (SSSR count). The number of thiol groups is 1. The van der Waals surface area contributed by atoms with Crippen molar-refractivity contribution in [2.75, 3.05) is 18.4 Å². The second kappa shape index (κ2) is 5.04. The first-order chi connectivity index (χ1) is 7.00. The van der Waals surface area contributed by atoms with Crippen LogP contribution >= 0.6 is 12.8 Å². The van der Waals surface area contributed by atoms with E-state index in [9.17, 15) is 4.79 Å². The van der Waals surface area contributed by atoms with Gasteiger partial charge < -0.3 is 10.6 Å². The minimum absolute atomic E-state index is 0.583. The lowest BCUT2D eigenvalue weighted by Gasteiger charge is -2.15. The first-order valence-electron chi connectivity index (χ1n) is 4.53. The Bertz CT molecular complexity index is 354. The van der Waals surface area contributed by atoms with Crippen molar-refractivity contribution in [2.24, 2.45) is 5.73 Å². The van der Waals surface area contributed by atoms with Gasteiger partial charge in [0.2, 0.25) is 0 Å². The van der Waals surface area contributed by atoms with Crippen molar-refractivity contribution in [2.45, 2.75) is 6.54 Å². The molecule has 0 atom stereocenters. The number of rotatable bonds is 3. The van der Waals surface area contributed by atoms with E-state index in [1.807, 2.05) is 37.2 Å². The average Bonchev–Trinajstić information content (AvgIpc) is 2.16. The largest absolute Gasteiger partial charge is 0.350 e. The van der Waals surface area contributed by atoms with Crippen LogP contribution in [0.2, 0.25) is 0 Å². The number of nitrogens with zero attached hydrogens (tertiary/aromatic N) is 2. The van der Waals surface area contributed by atoms with Gasteiger partial charge in [-0.25, -0.2) is 9.10 Å². The topological polar surface area (TPSA) is 49.6 Å². The van der Waals surface area contributed by atoms with Gasteiger partial charge in [-0.2, -0.15) is 0 Å². The SMILES string of the molecule is CN(C)Cc1cccc(N(S)C(N)=O)c1. The second-order valence-corrected chi connectivity index (χ2v) is 3.96. The quantitative estimate of drug-likeness (QED) is 0.765. The number of benzene rings is 1. The molecule has 0 saturated carbocycles. The molecule has 0 radical (unpaired) electrons. The van der Waals surface area contributed by atoms with E-state index in [-0.39, 0.29) is 0 Å². The maximum atomic E-state index is 10.9. The molecule has 4 nitrogen and oxygen atoms in total. The number of carbonyl (C=O) groups excluding carboxylic acids is 1. The Morgan fingerprint density at radius 1 is 1.47 bits per heavy atom. The number of hydrogen-bond donors (Lipinski definition) is 2. The van der Waals surface area contributed by atoms with E-state index in [1.54, 1.807) is 6.07 Å². The Kier molecular flexibility index (Phi) is 3.99. The van der Waals surface area contributed by atoms with Crippen molar-refractivity contribution in [3.8, 4) is 0 Å². The molecule has 0 aliphatic carbocycles. The monoisotopic (exact) mass is 225 g/mol. The lowest BCUT2D eigenvalue weighted by atomic mass is 10.2. The van der Waals surface area contributed by atoms with E-state index < -0.39 is 6.03 Å². The minimum Gasteiger partial charge on any atom is -0.350 e. The molecule has 2 amide bonds. The maximum absolute atomic E-state index is 10.9. The van der Waals surface area contributed by atoms with Gasteiger partial charge in [-0.1, -0.05) is 24.9 Å². The van der Waals surface area contributed by atoms with Gasteiger partial charge in [-0.3, -0.25) is 0 Å². The highest BCUT2D eigenvalue weighted by molar-refractivity contribution is 7.82. The molecule has 15 heavy (non-hydrogen) atoms. The molecule has 0 spiro atoms. The first kappa shape index (κ1) is 11.9. The Morgan fingerprint density at radius 2 is 2.13 bits per heavy atom. The third kappa shape index (κ3) is 3.45. The number of anilines is 1. The van der Waals surface area contributed by atoms with E-state index in [2.05, 4.69) is 12.8 Å². The molecule has 2 N–H and O–H groups in total. The van der Waals surface area contributed by atoms with Crippen molar-refractivity contribution in [1.82, 2.24) is 4.90 Å². The molecule has 0 heterocycles. The van der Waals surface area contributed by atoms with Gasteiger partial charge in [0.15, 0.2) is 0 Å². The highest BCUT2D eigenvalue weighted by Crippen LogP contribution is 2.18. The van der Waals surface area contributed by atoms with E-state index in [1.165, 1.54) is 0 Å². The number of hydrogen-bond acceptors (Lipinski definition) is 3. The zero-order valence-electron chi connectivity index (χ0n) is 8.84. The standard InChI is InChI=1S/C10H15N3OS/c1-12(2)7-8-4-3-5-9(6-8)13(15)10(11)14/h3-6,15H,7H2,1-2H3,(H2,11,14). The summed E-state index contributed by atoms with van der Waals surface area (Å²) in [7, 11) is 3.97. The summed E-state index contributed by atoms with van der Waals surface area (Å²) < 4.78 is 1.12. The van der Waals surface area contributed by atoms with Crippen LogP contribution in [0.25, 0.3) is 0 Å². The van der Waals surface area contributed by atoms with Crippen LogP contribution in [0, 0.1) is 0 Å². The third-order valence-electron chi connectivity index (χ3n) is 1.86. The van der Waals surface area contributed by atoms with Crippen LogP contribution < -0.4 is 10.0 Å². The highest BCUT2D eigenvalue weighted by atomic mass is 32.1. The number of nitrogens with two attached hydrogens (primary N) is 1. The zero-order chi connectivity index (χ0) is 11.4.